The molecular formula is C21H20ClN3O3. The number of hydrogen-bond donors (Lipinski definition) is 1. The number of halogens is 1. The van der Waals surface area contributed by atoms with E-state index in [0.717, 1.165) is 22.5 Å². The number of methoxy groups -OCH3 is 2. The minimum absolute atomic E-state index is 0.0763. The van der Waals surface area contributed by atoms with Gasteiger partial charge in [0.25, 0.3) is 0 Å². The second-order valence-corrected chi connectivity index (χ2v) is 6.99. The molecule has 2 aromatic carbocycles. The molecule has 0 radical (unpaired) electrons. The van der Waals surface area contributed by atoms with Crippen LogP contribution in [0.1, 0.15) is 29.2 Å². The number of anilines is 1. The number of amides is 1. The van der Waals surface area contributed by atoms with Crippen LogP contribution in [0.3, 0.4) is 0 Å². The number of aromatic nitrogens is 2. The predicted molar refractivity (Wildman–Crippen MR) is 108 cm³/mol. The van der Waals surface area contributed by atoms with E-state index in [2.05, 4.69) is 10.4 Å². The lowest BCUT2D eigenvalue weighted by atomic mass is 9.84. The smallest absolute Gasteiger partial charge is 0.225 e. The van der Waals surface area contributed by atoms with E-state index < -0.39 is 0 Å². The molecule has 6 nitrogen and oxygen atoms in total. The molecule has 1 aromatic heterocycles. The van der Waals surface area contributed by atoms with Crippen LogP contribution in [0.25, 0.3) is 5.69 Å². The summed E-state index contributed by atoms with van der Waals surface area (Å²) in [6, 6.07) is 13.4. The van der Waals surface area contributed by atoms with Gasteiger partial charge in [-0.2, -0.15) is 5.10 Å². The molecule has 0 saturated heterocycles. The van der Waals surface area contributed by atoms with Crippen molar-refractivity contribution in [3.8, 4) is 17.2 Å². The summed E-state index contributed by atoms with van der Waals surface area (Å²) in [5.41, 5.74) is 4.12. The molecular weight excluding hydrogens is 378 g/mol. The van der Waals surface area contributed by atoms with E-state index in [4.69, 9.17) is 21.1 Å². The minimum Gasteiger partial charge on any atom is -0.493 e. The molecule has 0 fully saturated rings. The first kappa shape index (κ1) is 18.4. The molecule has 1 aliphatic heterocycles. The Morgan fingerprint density at radius 1 is 1.14 bits per heavy atom. The Hall–Kier alpha value is -2.99. The fourth-order valence-electron chi connectivity index (χ4n) is 3.69. The first-order chi connectivity index (χ1) is 13.5. The Bertz CT molecular complexity index is 1050. The summed E-state index contributed by atoms with van der Waals surface area (Å²) >= 11 is 6.76. The molecule has 1 amide bonds. The van der Waals surface area contributed by atoms with E-state index in [0.29, 0.717) is 22.3 Å². The van der Waals surface area contributed by atoms with Crippen LogP contribution in [0.5, 0.6) is 11.5 Å². The molecule has 28 heavy (non-hydrogen) atoms. The highest BCUT2D eigenvalue weighted by molar-refractivity contribution is 6.30. The third-order valence-electron chi connectivity index (χ3n) is 4.99. The number of nitrogens with one attached hydrogen (secondary N) is 1. The Morgan fingerprint density at radius 3 is 2.50 bits per heavy atom. The van der Waals surface area contributed by atoms with E-state index in [1.54, 1.807) is 25.0 Å². The SMILES string of the molecule is COc1cc2c(cc1OC)[C@@H](c1c(C)nn(-c3ccccc3)c1Cl)CC(=O)N2. The van der Waals surface area contributed by atoms with Crippen molar-refractivity contribution in [1.82, 2.24) is 9.78 Å². The van der Waals surface area contributed by atoms with Crippen LogP contribution in [0.4, 0.5) is 5.69 Å². The maximum Gasteiger partial charge on any atom is 0.225 e. The van der Waals surface area contributed by atoms with Gasteiger partial charge < -0.3 is 14.8 Å². The number of rotatable bonds is 4. The van der Waals surface area contributed by atoms with Crippen molar-refractivity contribution in [2.75, 3.05) is 19.5 Å². The van der Waals surface area contributed by atoms with Crippen LogP contribution in [-0.4, -0.2) is 29.9 Å². The lowest BCUT2D eigenvalue weighted by Gasteiger charge is -2.27. The summed E-state index contributed by atoms with van der Waals surface area (Å²) in [5, 5.41) is 8.05. The molecule has 1 N–H and O–H groups in total. The molecule has 144 valence electrons. The summed E-state index contributed by atoms with van der Waals surface area (Å²) in [5.74, 6) is 0.859. The molecule has 3 aromatic rings. The predicted octanol–water partition coefficient (Wildman–Crippen LogP) is 4.33. The number of hydrogen-bond acceptors (Lipinski definition) is 4. The van der Waals surface area contributed by atoms with E-state index in [1.807, 2.05) is 43.3 Å². The minimum atomic E-state index is -0.228. The third kappa shape index (κ3) is 2.99. The lowest BCUT2D eigenvalue weighted by molar-refractivity contribution is -0.116. The monoisotopic (exact) mass is 397 g/mol. The number of nitrogens with zero attached hydrogens (tertiary/aromatic N) is 2. The second-order valence-electron chi connectivity index (χ2n) is 6.64. The standard InChI is InChI=1S/C21H20ClN3O3/c1-12-20(21(22)25(24-12)13-7-5-4-6-8-13)15-10-19(26)23-16-11-18(28-3)17(27-2)9-14(15)16/h4-9,11,15H,10H2,1-3H3,(H,23,26)/t15-/m0/s1. The van der Waals surface area contributed by atoms with Crippen molar-refractivity contribution in [2.24, 2.45) is 0 Å². The van der Waals surface area contributed by atoms with Crippen molar-refractivity contribution in [2.45, 2.75) is 19.3 Å². The van der Waals surface area contributed by atoms with Crippen molar-refractivity contribution in [1.29, 1.82) is 0 Å². The van der Waals surface area contributed by atoms with Gasteiger partial charge in [-0.1, -0.05) is 29.8 Å². The first-order valence-corrected chi connectivity index (χ1v) is 9.27. The van der Waals surface area contributed by atoms with E-state index >= 15 is 0 Å². The molecule has 0 saturated carbocycles. The highest BCUT2D eigenvalue weighted by Gasteiger charge is 2.33. The van der Waals surface area contributed by atoms with Crippen molar-refractivity contribution < 1.29 is 14.3 Å². The fraction of sp³-hybridized carbons (Fsp3) is 0.238. The van der Waals surface area contributed by atoms with Gasteiger partial charge in [-0.25, -0.2) is 4.68 Å². The van der Waals surface area contributed by atoms with E-state index in [-0.39, 0.29) is 18.2 Å². The zero-order valence-electron chi connectivity index (χ0n) is 15.8. The van der Waals surface area contributed by atoms with Crippen LogP contribution < -0.4 is 14.8 Å². The Balaban J connectivity index is 1.87. The van der Waals surface area contributed by atoms with E-state index in [1.165, 1.54) is 0 Å². The normalized spacial score (nSPS) is 15.7. The number of para-hydroxylation sites is 1. The second kappa shape index (κ2) is 7.20. The number of benzene rings is 2. The Labute approximate surface area is 168 Å². The van der Waals surface area contributed by atoms with Gasteiger partial charge in [0.1, 0.15) is 5.15 Å². The molecule has 2 heterocycles. The first-order valence-electron chi connectivity index (χ1n) is 8.89. The number of aryl methyl sites for hydroxylation is 1. The van der Waals surface area contributed by atoms with Crippen LogP contribution in [0.15, 0.2) is 42.5 Å². The van der Waals surface area contributed by atoms with Crippen molar-refractivity contribution in [3.63, 3.8) is 0 Å². The molecule has 1 aliphatic rings. The summed E-state index contributed by atoms with van der Waals surface area (Å²) < 4.78 is 12.5. The largest absolute Gasteiger partial charge is 0.493 e. The molecule has 1 atom stereocenters. The summed E-state index contributed by atoms with van der Waals surface area (Å²) in [4.78, 5) is 12.4. The average Bonchev–Trinajstić information content (AvgIpc) is 3.01. The van der Waals surface area contributed by atoms with Gasteiger partial charge in [0.2, 0.25) is 5.91 Å². The van der Waals surface area contributed by atoms with Gasteiger partial charge in [-0.15, -0.1) is 0 Å². The zero-order chi connectivity index (χ0) is 19.8. The van der Waals surface area contributed by atoms with Gasteiger partial charge in [0.05, 0.1) is 25.6 Å². The fourth-order valence-corrected chi connectivity index (χ4v) is 4.10. The van der Waals surface area contributed by atoms with Gasteiger partial charge in [0.15, 0.2) is 11.5 Å². The van der Waals surface area contributed by atoms with Gasteiger partial charge in [-0.3, -0.25) is 4.79 Å². The third-order valence-corrected chi connectivity index (χ3v) is 5.36. The van der Waals surface area contributed by atoms with E-state index in [9.17, 15) is 4.79 Å². The van der Waals surface area contributed by atoms with Gasteiger partial charge in [-0.05, 0) is 30.7 Å². The Morgan fingerprint density at radius 2 is 1.82 bits per heavy atom. The molecule has 0 bridgehead atoms. The molecule has 7 heteroatoms. The van der Waals surface area contributed by atoms with Crippen LogP contribution in [0, 0.1) is 6.92 Å². The van der Waals surface area contributed by atoms with Gasteiger partial charge in [0, 0.05) is 29.7 Å². The van der Waals surface area contributed by atoms with Crippen LogP contribution in [0.2, 0.25) is 5.15 Å². The summed E-state index contributed by atoms with van der Waals surface area (Å²) in [7, 11) is 3.16. The molecule has 0 spiro atoms. The van der Waals surface area contributed by atoms with Gasteiger partial charge >= 0.3 is 0 Å². The topological polar surface area (TPSA) is 65.4 Å². The number of ether oxygens (including phenoxy) is 2. The zero-order valence-corrected chi connectivity index (χ0v) is 16.6. The maximum atomic E-state index is 12.4. The number of fused-ring (bicyclic) bond motifs is 1. The average molecular weight is 398 g/mol. The highest BCUT2D eigenvalue weighted by Crippen LogP contribution is 2.45. The van der Waals surface area contributed by atoms with Crippen LogP contribution in [-0.2, 0) is 4.79 Å². The highest BCUT2D eigenvalue weighted by atomic mass is 35.5. The Kier molecular flexibility index (Phi) is 4.73. The number of carbonyl (C=O) groups excluding carboxylic acids is 1. The summed E-state index contributed by atoms with van der Waals surface area (Å²) in [6.45, 7) is 1.91. The lowest BCUT2D eigenvalue weighted by Crippen LogP contribution is -2.24. The maximum absolute atomic E-state index is 12.4. The molecule has 4 rings (SSSR count). The molecule has 0 aliphatic carbocycles. The van der Waals surface area contributed by atoms with Crippen molar-refractivity contribution in [3.05, 3.63) is 64.4 Å². The van der Waals surface area contributed by atoms with Crippen molar-refractivity contribution >= 4 is 23.2 Å². The van der Waals surface area contributed by atoms with Crippen LogP contribution >= 0.6 is 11.6 Å². The quantitative estimate of drug-likeness (QED) is 0.711. The number of carbonyl (C=O) groups is 1. The summed E-state index contributed by atoms with van der Waals surface area (Å²) in [6.07, 6.45) is 0.281. The molecule has 0 unspecified atom stereocenters.